The second-order valence-electron chi connectivity index (χ2n) is 5.05. The van der Waals surface area contributed by atoms with Crippen molar-refractivity contribution >= 4 is 39.3 Å². The predicted molar refractivity (Wildman–Crippen MR) is 100 cm³/mol. The van der Waals surface area contributed by atoms with Crippen LogP contribution in [-0.2, 0) is 4.79 Å². The molecule has 0 saturated heterocycles. The van der Waals surface area contributed by atoms with Gasteiger partial charge >= 0.3 is 0 Å². The van der Waals surface area contributed by atoms with Gasteiger partial charge in [0.05, 0.1) is 5.75 Å². The van der Waals surface area contributed by atoms with Gasteiger partial charge in [-0.2, -0.15) is 0 Å². The predicted octanol–water partition coefficient (Wildman–Crippen LogP) is 3.99. The Morgan fingerprint density at radius 2 is 1.88 bits per heavy atom. The van der Waals surface area contributed by atoms with E-state index in [2.05, 4.69) is 31.1 Å². The number of para-hydroxylation sites is 1. The normalized spacial score (nSPS) is 10.6. The number of rotatable bonds is 5. The molecule has 0 saturated carbocycles. The van der Waals surface area contributed by atoms with E-state index < -0.39 is 0 Å². The first kappa shape index (κ1) is 16.7. The molecule has 0 bridgehead atoms. The van der Waals surface area contributed by atoms with Gasteiger partial charge in [0.1, 0.15) is 0 Å². The Hall–Kier alpha value is -2.12. The summed E-state index contributed by atoms with van der Waals surface area (Å²) in [4.78, 5) is 18.3. The van der Waals surface area contributed by atoms with Crippen LogP contribution in [0, 0.1) is 0 Å². The lowest BCUT2D eigenvalue weighted by molar-refractivity contribution is -0.115. The lowest BCUT2D eigenvalue weighted by Gasteiger charge is -2.16. The SMILES string of the molecule is CN(C(=O)CSc1n[nH]c(-c2ccc(Br)cc2)n1)c1ccccc1. The summed E-state index contributed by atoms with van der Waals surface area (Å²) in [5, 5.41) is 7.63. The molecule has 3 rings (SSSR count). The summed E-state index contributed by atoms with van der Waals surface area (Å²) >= 11 is 4.72. The number of hydrogen-bond acceptors (Lipinski definition) is 4. The molecule has 1 N–H and O–H groups in total. The molecular weight excluding hydrogens is 388 g/mol. The minimum atomic E-state index is 0.00110. The van der Waals surface area contributed by atoms with Gasteiger partial charge in [-0.1, -0.05) is 58.0 Å². The summed E-state index contributed by atoms with van der Waals surface area (Å²) in [5.41, 5.74) is 1.82. The number of carbonyl (C=O) groups excluding carboxylic acids is 1. The van der Waals surface area contributed by atoms with Crippen LogP contribution in [0.3, 0.4) is 0 Å². The number of amides is 1. The summed E-state index contributed by atoms with van der Waals surface area (Å²) in [7, 11) is 1.77. The van der Waals surface area contributed by atoms with Crippen LogP contribution in [0.2, 0.25) is 0 Å². The minimum Gasteiger partial charge on any atom is -0.315 e. The Labute approximate surface area is 152 Å². The largest absolute Gasteiger partial charge is 0.315 e. The molecule has 24 heavy (non-hydrogen) atoms. The molecule has 1 heterocycles. The van der Waals surface area contributed by atoms with Crippen LogP contribution in [0.15, 0.2) is 64.2 Å². The minimum absolute atomic E-state index is 0.00110. The third-order valence-corrected chi connectivity index (χ3v) is 4.79. The van der Waals surface area contributed by atoms with Crippen molar-refractivity contribution in [2.45, 2.75) is 5.16 Å². The zero-order valence-corrected chi connectivity index (χ0v) is 15.3. The van der Waals surface area contributed by atoms with E-state index in [9.17, 15) is 4.79 Å². The van der Waals surface area contributed by atoms with Gasteiger partial charge in [0, 0.05) is 22.8 Å². The number of benzene rings is 2. The molecule has 0 aliphatic carbocycles. The molecule has 0 spiro atoms. The molecule has 7 heteroatoms. The van der Waals surface area contributed by atoms with Crippen molar-refractivity contribution in [3.63, 3.8) is 0 Å². The summed E-state index contributed by atoms with van der Waals surface area (Å²) < 4.78 is 1.01. The van der Waals surface area contributed by atoms with Crippen LogP contribution in [0.1, 0.15) is 0 Å². The van der Waals surface area contributed by atoms with E-state index >= 15 is 0 Å². The topological polar surface area (TPSA) is 61.9 Å². The van der Waals surface area contributed by atoms with Gasteiger partial charge in [0.2, 0.25) is 11.1 Å². The van der Waals surface area contributed by atoms with Gasteiger partial charge in [0.25, 0.3) is 0 Å². The Balaban J connectivity index is 1.61. The number of thioether (sulfide) groups is 1. The second kappa shape index (κ2) is 7.63. The number of aromatic amines is 1. The molecule has 1 aromatic heterocycles. The van der Waals surface area contributed by atoms with Crippen LogP contribution in [0.4, 0.5) is 5.69 Å². The fourth-order valence-corrected chi connectivity index (χ4v) is 3.04. The number of nitrogens with zero attached hydrogens (tertiary/aromatic N) is 3. The van der Waals surface area contributed by atoms with E-state index in [4.69, 9.17) is 0 Å². The van der Waals surface area contributed by atoms with Crippen molar-refractivity contribution in [3.8, 4) is 11.4 Å². The van der Waals surface area contributed by atoms with E-state index in [0.717, 1.165) is 15.7 Å². The first-order valence-electron chi connectivity index (χ1n) is 7.26. The average Bonchev–Trinajstić information content (AvgIpc) is 3.09. The Kier molecular flexibility index (Phi) is 5.32. The summed E-state index contributed by atoms with van der Waals surface area (Å²) in [6, 6.07) is 17.3. The number of hydrogen-bond donors (Lipinski definition) is 1. The quantitative estimate of drug-likeness (QED) is 0.655. The third-order valence-electron chi connectivity index (χ3n) is 3.42. The number of nitrogens with one attached hydrogen (secondary N) is 1. The third kappa shape index (κ3) is 4.04. The zero-order chi connectivity index (χ0) is 16.9. The molecular formula is C17H15BrN4OS. The summed E-state index contributed by atoms with van der Waals surface area (Å²) in [5.74, 6) is 0.971. The van der Waals surface area contributed by atoms with Crippen LogP contribution in [0.5, 0.6) is 0 Å². The number of anilines is 1. The number of H-pyrrole nitrogens is 1. The standard InChI is InChI=1S/C17H15BrN4OS/c1-22(14-5-3-2-4-6-14)15(23)11-24-17-19-16(20-21-17)12-7-9-13(18)10-8-12/h2-10H,11H2,1H3,(H,19,20,21). The van der Waals surface area contributed by atoms with E-state index in [1.165, 1.54) is 11.8 Å². The van der Waals surface area contributed by atoms with Crippen molar-refractivity contribution < 1.29 is 4.79 Å². The summed E-state index contributed by atoms with van der Waals surface area (Å²) in [6.07, 6.45) is 0. The molecule has 5 nitrogen and oxygen atoms in total. The highest BCUT2D eigenvalue weighted by molar-refractivity contribution is 9.10. The van der Waals surface area contributed by atoms with Gasteiger partial charge in [0.15, 0.2) is 5.82 Å². The van der Waals surface area contributed by atoms with E-state index in [-0.39, 0.29) is 11.7 Å². The van der Waals surface area contributed by atoms with Crippen LogP contribution in [-0.4, -0.2) is 33.9 Å². The van der Waals surface area contributed by atoms with Crippen LogP contribution in [0.25, 0.3) is 11.4 Å². The molecule has 3 aromatic rings. The number of halogens is 1. The van der Waals surface area contributed by atoms with Crippen molar-refractivity contribution in [1.29, 1.82) is 0 Å². The van der Waals surface area contributed by atoms with E-state index in [0.29, 0.717) is 11.0 Å². The molecule has 0 aliphatic rings. The van der Waals surface area contributed by atoms with Gasteiger partial charge in [-0.15, -0.1) is 5.10 Å². The smallest absolute Gasteiger partial charge is 0.237 e. The monoisotopic (exact) mass is 402 g/mol. The second-order valence-corrected chi connectivity index (χ2v) is 6.91. The maximum atomic E-state index is 12.3. The highest BCUT2D eigenvalue weighted by Crippen LogP contribution is 2.22. The average molecular weight is 403 g/mol. The highest BCUT2D eigenvalue weighted by Gasteiger charge is 2.13. The lowest BCUT2D eigenvalue weighted by Crippen LogP contribution is -2.27. The van der Waals surface area contributed by atoms with Crippen LogP contribution < -0.4 is 4.90 Å². The molecule has 122 valence electrons. The molecule has 0 unspecified atom stereocenters. The first-order valence-corrected chi connectivity index (χ1v) is 9.04. The molecule has 0 radical (unpaired) electrons. The van der Waals surface area contributed by atoms with Gasteiger partial charge in [-0.3, -0.25) is 9.89 Å². The Morgan fingerprint density at radius 1 is 1.17 bits per heavy atom. The first-order chi connectivity index (χ1) is 11.6. The van der Waals surface area contributed by atoms with E-state index in [1.54, 1.807) is 11.9 Å². The van der Waals surface area contributed by atoms with Gasteiger partial charge in [-0.25, -0.2) is 4.98 Å². The maximum absolute atomic E-state index is 12.3. The van der Waals surface area contributed by atoms with Crippen molar-refractivity contribution in [2.24, 2.45) is 0 Å². The van der Waals surface area contributed by atoms with Crippen molar-refractivity contribution in [2.75, 3.05) is 17.7 Å². The Bertz CT molecular complexity index is 820. The van der Waals surface area contributed by atoms with Gasteiger partial charge < -0.3 is 4.90 Å². The van der Waals surface area contributed by atoms with Crippen molar-refractivity contribution in [3.05, 3.63) is 59.1 Å². The Morgan fingerprint density at radius 3 is 2.58 bits per heavy atom. The van der Waals surface area contributed by atoms with Crippen LogP contribution >= 0.6 is 27.7 Å². The molecule has 0 atom stereocenters. The fourth-order valence-electron chi connectivity index (χ4n) is 2.07. The molecule has 2 aromatic carbocycles. The molecule has 0 aliphatic heterocycles. The van der Waals surface area contributed by atoms with Crippen molar-refractivity contribution in [1.82, 2.24) is 15.2 Å². The highest BCUT2D eigenvalue weighted by atomic mass is 79.9. The molecule has 0 fully saturated rings. The van der Waals surface area contributed by atoms with Gasteiger partial charge in [-0.05, 0) is 24.3 Å². The number of carbonyl (C=O) groups is 1. The maximum Gasteiger partial charge on any atom is 0.237 e. The van der Waals surface area contributed by atoms with E-state index in [1.807, 2.05) is 54.6 Å². The zero-order valence-electron chi connectivity index (χ0n) is 12.9. The summed E-state index contributed by atoms with van der Waals surface area (Å²) in [6.45, 7) is 0. The number of aromatic nitrogens is 3. The lowest BCUT2D eigenvalue weighted by atomic mass is 10.2. The fraction of sp³-hybridized carbons (Fsp3) is 0.118. The molecule has 1 amide bonds.